The van der Waals surface area contributed by atoms with E-state index in [-0.39, 0.29) is 16.2 Å². The number of carbonyl (C=O) groups is 2. The Bertz CT molecular complexity index is 972. The van der Waals surface area contributed by atoms with Gasteiger partial charge in [0.2, 0.25) is 10.0 Å². The van der Waals surface area contributed by atoms with Crippen LogP contribution >= 0.6 is 0 Å². The Hall–Kier alpha value is -3.11. The van der Waals surface area contributed by atoms with Crippen LogP contribution in [0.5, 0.6) is 11.5 Å². The van der Waals surface area contributed by atoms with Crippen molar-refractivity contribution in [3.05, 3.63) is 48.0 Å². The van der Waals surface area contributed by atoms with Crippen molar-refractivity contribution in [2.75, 3.05) is 19.5 Å². The van der Waals surface area contributed by atoms with Gasteiger partial charge in [0, 0.05) is 11.8 Å². The Morgan fingerprint density at radius 1 is 1.04 bits per heavy atom. The number of esters is 1. The Morgan fingerprint density at radius 3 is 2.21 bits per heavy atom. The number of carbonyl (C=O) groups excluding carboxylic acids is 2. The summed E-state index contributed by atoms with van der Waals surface area (Å²) in [5.41, 5.74) is 0.461. The summed E-state index contributed by atoms with van der Waals surface area (Å²) in [5.74, 6) is -0.589. The molecular formula is C18H20N2O7S. The molecular weight excluding hydrogens is 388 g/mol. The summed E-state index contributed by atoms with van der Waals surface area (Å²) in [6.07, 6.45) is -1.11. The van der Waals surface area contributed by atoms with Crippen LogP contribution in [0.2, 0.25) is 0 Å². The van der Waals surface area contributed by atoms with Crippen LogP contribution in [0.3, 0.4) is 0 Å². The molecule has 0 aliphatic rings. The Morgan fingerprint density at radius 2 is 1.68 bits per heavy atom. The topological polar surface area (TPSA) is 134 Å². The van der Waals surface area contributed by atoms with E-state index in [1.165, 1.54) is 57.5 Å². The fraction of sp³-hybridized carbons (Fsp3) is 0.222. The summed E-state index contributed by atoms with van der Waals surface area (Å²) in [6, 6.07) is 9.81. The van der Waals surface area contributed by atoms with Crippen molar-refractivity contribution in [2.24, 2.45) is 5.14 Å². The van der Waals surface area contributed by atoms with Crippen LogP contribution in [0, 0.1) is 0 Å². The van der Waals surface area contributed by atoms with Gasteiger partial charge in [-0.25, -0.2) is 18.4 Å². The third-order valence-corrected chi connectivity index (χ3v) is 4.66. The van der Waals surface area contributed by atoms with Crippen LogP contribution in [-0.4, -0.2) is 40.6 Å². The molecule has 0 saturated heterocycles. The Balaban J connectivity index is 2.05. The van der Waals surface area contributed by atoms with E-state index in [0.29, 0.717) is 11.4 Å². The van der Waals surface area contributed by atoms with Crippen molar-refractivity contribution in [3.8, 4) is 11.5 Å². The number of ether oxygens (including phenoxy) is 3. The van der Waals surface area contributed by atoms with Gasteiger partial charge in [0.15, 0.2) is 6.10 Å². The van der Waals surface area contributed by atoms with Crippen molar-refractivity contribution in [1.82, 2.24) is 0 Å². The molecule has 28 heavy (non-hydrogen) atoms. The normalized spacial score (nSPS) is 12.0. The summed E-state index contributed by atoms with van der Waals surface area (Å²) in [6.45, 7) is 1.40. The van der Waals surface area contributed by atoms with Gasteiger partial charge in [0.1, 0.15) is 17.1 Å². The fourth-order valence-corrected chi connectivity index (χ4v) is 2.73. The number of methoxy groups -OCH3 is 2. The number of sulfonamides is 1. The smallest absolute Gasteiger partial charge is 0.342 e. The molecule has 150 valence electrons. The highest BCUT2D eigenvalue weighted by Crippen LogP contribution is 2.25. The second-order valence-corrected chi connectivity index (χ2v) is 7.23. The minimum absolute atomic E-state index is 0.0865. The molecule has 0 bridgehead atoms. The molecule has 10 heteroatoms. The number of benzene rings is 2. The van der Waals surface area contributed by atoms with Crippen molar-refractivity contribution in [2.45, 2.75) is 17.9 Å². The number of primary sulfonamides is 1. The lowest BCUT2D eigenvalue weighted by Gasteiger charge is -2.15. The van der Waals surface area contributed by atoms with E-state index < -0.39 is 28.0 Å². The average Bonchev–Trinajstić information content (AvgIpc) is 2.66. The quantitative estimate of drug-likeness (QED) is 0.664. The predicted octanol–water partition coefficient (Wildman–Crippen LogP) is 1.54. The van der Waals surface area contributed by atoms with E-state index in [9.17, 15) is 18.0 Å². The molecule has 0 fully saturated rings. The predicted molar refractivity (Wildman–Crippen MR) is 101 cm³/mol. The largest absolute Gasteiger partial charge is 0.497 e. The maximum atomic E-state index is 12.3. The lowest BCUT2D eigenvalue weighted by atomic mass is 10.2. The molecule has 2 aromatic rings. The van der Waals surface area contributed by atoms with Crippen molar-refractivity contribution < 1.29 is 32.2 Å². The van der Waals surface area contributed by atoms with Gasteiger partial charge in [-0.05, 0) is 43.3 Å². The van der Waals surface area contributed by atoms with Crippen LogP contribution < -0.4 is 19.9 Å². The van der Waals surface area contributed by atoms with Crippen LogP contribution in [0.15, 0.2) is 47.4 Å². The number of rotatable bonds is 7. The molecule has 0 spiro atoms. The summed E-state index contributed by atoms with van der Waals surface area (Å²) in [5, 5.41) is 7.54. The van der Waals surface area contributed by atoms with Gasteiger partial charge in [0.25, 0.3) is 5.91 Å². The summed E-state index contributed by atoms with van der Waals surface area (Å²) < 4.78 is 37.9. The molecule has 0 aliphatic heterocycles. The number of hydrogen-bond acceptors (Lipinski definition) is 7. The molecule has 0 aromatic heterocycles. The van der Waals surface area contributed by atoms with E-state index in [1.807, 2.05) is 0 Å². The van der Waals surface area contributed by atoms with E-state index in [2.05, 4.69) is 5.32 Å². The van der Waals surface area contributed by atoms with Crippen LogP contribution in [-0.2, 0) is 19.6 Å². The number of amides is 1. The molecule has 2 rings (SSSR count). The molecule has 0 heterocycles. The monoisotopic (exact) mass is 408 g/mol. The van der Waals surface area contributed by atoms with Crippen LogP contribution in [0.4, 0.5) is 5.69 Å². The van der Waals surface area contributed by atoms with E-state index in [0.717, 1.165) is 0 Å². The van der Waals surface area contributed by atoms with Gasteiger partial charge in [0.05, 0.1) is 19.1 Å². The number of nitrogens with one attached hydrogen (secondary N) is 1. The third kappa shape index (κ3) is 5.21. The summed E-state index contributed by atoms with van der Waals surface area (Å²) >= 11 is 0. The first-order valence-electron chi connectivity index (χ1n) is 8.02. The van der Waals surface area contributed by atoms with Gasteiger partial charge < -0.3 is 19.5 Å². The van der Waals surface area contributed by atoms with Gasteiger partial charge in [-0.15, -0.1) is 0 Å². The second-order valence-electron chi connectivity index (χ2n) is 5.67. The average molecular weight is 408 g/mol. The molecule has 1 amide bonds. The minimum Gasteiger partial charge on any atom is -0.497 e. The second kappa shape index (κ2) is 8.72. The van der Waals surface area contributed by atoms with E-state index >= 15 is 0 Å². The van der Waals surface area contributed by atoms with Gasteiger partial charge in [-0.2, -0.15) is 0 Å². The summed E-state index contributed by atoms with van der Waals surface area (Å²) in [4.78, 5) is 24.5. The zero-order valence-electron chi connectivity index (χ0n) is 15.5. The SMILES string of the molecule is COc1ccc(C(=O)O[C@H](C)C(=O)Nc2ccc(S(N)(=O)=O)cc2)c(OC)c1. The first kappa shape index (κ1) is 21.2. The molecule has 0 radical (unpaired) electrons. The van der Waals surface area contributed by atoms with Gasteiger partial charge in [-0.1, -0.05) is 0 Å². The van der Waals surface area contributed by atoms with Crippen molar-refractivity contribution in [3.63, 3.8) is 0 Å². The summed E-state index contributed by atoms with van der Waals surface area (Å²) in [7, 11) is -0.949. The zero-order valence-corrected chi connectivity index (χ0v) is 16.3. The van der Waals surface area contributed by atoms with Gasteiger partial charge in [-0.3, -0.25) is 4.79 Å². The van der Waals surface area contributed by atoms with Crippen molar-refractivity contribution >= 4 is 27.6 Å². The minimum atomic E-state index is -3.83. The molecule has 0 unspecified atom stereocenters. The first-order chi connectivity index (χ1) is 13.2. The molecule has 1 atom stereocenters. The van der Waals surface area contributed by atoms with E-state index in [1.54, 1.807) is 6.07 Å². The van der Waals surface area contributed by atoms with Crippen molar-refractivity contribution in [1.29, 1.82) is 0 Å². The van der Waals surface area contributed by atoms with Crippen LogP contribution in [0.1, 0.15) is 17.3 Å². The lowest BCUT2D eigenvalue weighted by Crippen LogP contribution is -2.30. The number of nitrogens with two attached hydrogens (primary N) is 1. The van der Waals surface area contributed by atoms with Gasteiger partial charge >= 0.3 is 5.97 Å². The highest BCUT2D eigenvalue weighted by molar-refractivity contribution is 7.89. The Kier molecular flexibility index (Phi) is 6.60. The first-order valence-corrected chi connectivity index (χ1v) is 9.57. The third-order valence-electron chi connectivity index (χ3n) is 3.73. The molecule has 2 aromatic carbocycles. The molecule has 3 N–H and O–H groups in total. The standard InChI is InChI=1S/C18H20N2O7S/c1-11(17(21)20-12-4-7-14(8-5-12)28(19,23)24)27-18(22)15-9-6-13(25-2)10-16(15)26-3/h4-11H,1-3H3,(H,20,21)(H2,19,23,24)/t11-/m1/s1. The number of anilines is 1. The van der Waals surface area contributed by atoms with E-state index in [4.69, 9.17) is 19.3 Å². The lowest BCUT2D eigenvalue weighted by molar-refractivity contribution is -0.123. The molecule has 0 saturated carbocycles. The molecule has 9 nitrogen and oxygen atoms in total. The fourth-order valence-electron chi connectivity index (χ4n) is 2.22. The highest BCUT2D eigenvalue weighted by Gasteiger charge is 2.22. The zero-order chi connectivity index (χ0) is 20.9. The molecule has 0 aliphatic carbocycles. The highest BCUT2D eigenvalue weighted by atomic mass is 32.2. The maximum absolute atomic E-state index is 12.3. The maximum Gasteiger partial charge on any atom is 0.342 e. The van der Waals surface area contributed by atoms with Crippen LogP contribution in [0.25, 0.3) is 0 Å². The number of hydrogen-bond donors (Lipinski definition) is 2. The Labute approximate surface area is 162 Å².